The molecule has 9 nitrogen and oxygen atoms in total. The van der Waals surface area contributed by atoms with Crippen molar-refractivity contribution in [2.24, 2.45) is 19.1 Å². The Morgan fingerprint density at radius 1 is 1.18 bits per heavy atom. The van der Waals surface area contributed by atoms with Crippen LogP contribution in [0.2, 0.25) is 0 Å². The number of aryl methyl sites for hydroxylation is 3. The van der Waals surface area contributed by atoms with Crippen molar-refractivity contribution in [2.75, 3.05) is 37.6 Å². The van der Waals surface area contributed by atoms with E-state index in [9.17, 15) is 4.79 Å². The minimum Gasteiger partial charge on any atom is -0.357 e. The fourth-order valence-electron chi connectivity index (χ4n) is 3.17. The van der Waals surface area contributed by atoms with Crippen LogP contribution in [0.1, 0.15) is 18.9 Å². The van der Waals surface area contributed by atoms with E-state index in [4.69, 9.17) is 4.99 Å². The van der Waals surface area contributed by atoms with Crippen molar-refractivity contribution in [1.29, 1.82) is 0 Å². The summed E-state index contributed by atoms with van der Waals surface area (Å²) in [5.41, 5.74) is 2.07. The Labute approximate surface area is 182 Å². The summed E-state index contributed by atoms with van der Waals surface area (Å²) in [6, 6.07) is 0. The van der Waals surface area contributed by atoms with E-state index in [1.54, 1.807) is 15.8 Å². The molecule has 28 heavy (non-hydrogen) atoms. The number of aliphatic imine (C=N–C) groups is 1. The number of rotatable bonds is 6. The summed E-state index contributed by atoms with van der Waals surface area (Å²) < 4.78 is 3.53. The number of guanidine groups is 1. The highest BCUT2D eigenvalue weighted by molar-refractivity contribution is 14.0. The Morgan fingerprint density at radius 3 is 2.54 bits per heavy atom. The van der Waals surface area contributed by atoms with E-state index in [0.29, 0.717) is 19.6 Å². The number of nitrogens with one attached hydrogen (secondary N) is 1. The van der Waals surface area contributed by atoms with Gasteiger partial charge in [-0.1, -0.05) is 0 Å². The van der Waals surface area contributed by atoms with Crippen molar-refractivity contribution in [2.45, 2.75) is 19.8 Å². The van der Waals surface area contributed by atoms with E-state index in [-0.39, 0.29) is 29.9 Å². The lowest BCUT2D eigenvalue weighted by Crippen LogP contribution is -2.55. The Balaban J connectivity index is 0.00000280. The molecule has 0 saturated carbocycles. The van der Waals surface area contributed by atoms with Gasteiger partial charge in [0.25, 0.3) is 0 Å². The van der Waals surface area contributed by atoms with E-state index in [0.717, 1.165) is 37.6 Å². The van der Waals surface area contributed by atoms with Gasteiger partial charge < -0.3 is 15.1 Å². The van der Waals surface area contributed by atoms with Gasteiger partial charge in [-0.2, -0.15) is 10.2 Å². The molecule has 2 aromatic heterocycles. The molecular formula is C18H29IN8O. The van der Waals surface area contributed by atoms with Crippen LogP contribution in [-0.4, -0.2) is 69.1 Å². The third-order valence-corrected chi connectivity index (χ3v) is 4.50. The van der Waals surface area contributed by atoms with E-state index >= 15 is 0 Å². The number of carbonyl (C=O) groups is 1. The van der Waals surface area contributed by atoms with Gasteiger partial charge in [0.05, 0.1) is 18.1 Å². The van der Waals surface area contributed by atoms with Crippen molar-refractivity contribution < 1.29 is 4.79 Å². The molecular weight excluding hydrogens is 471 g/mol. The SMILES string of the molecule is CCNC(=NCCCc1cnn(C)c1)N1CCN(c2cnn(C)c2)C(=O)C1.I. The lowest BCUT2D eigenvalue weighted by Gasteiger charge is -2.35. The van der Waals surface area contributed by atoms with Gasteiger partial charge in [0, 0.05) is 52.7 Å². The van der Waals surface area contributed by atoms with Crippen molar-refractivity contribution in [3.05, 3.63) is 30.4 Å². The Morgan fingerprint density at radius 2 is 1.93 bits per heavy atom. The number of aromatic nitrogens is 4. The molecule has 154 valence electrons. The zero-order chi connectivity index (χ0) is 19.2. The van der Waals surface area contributed by atoms with Crippen molar-refractivity contribution >= 4 is 41.5 Å². The van der Waals surface area contributed by atoms with Gasteiger partial charge in [-0.15, -0.1) is 24.0 Å². The van der Waals surface area contributed by atoms with Gasteiger partial charge in [-0.05, 0) is 25.3 Å². The average molecular weight is 500 g/mol. The first-order valence-electron chi connectivity index (χ1n) is 9.36. The quantitative estimate of drug-likeness (QED) is 0.277. The minimum absolute atomic E-state index is 0. The van der Waals surface area contributed by atoms with Gasteiger partial charge in [0.2, 0.25) is 5.91 Å². The lowest BCUT2D eigenvalue weighted by molar-refractivity contribution is -0.120. The molecule has 0 radical (unpaired) electrons. The topological polar surface area (TPSA) is 83.6 Å². The monoisotopic (exact) mass is 500 g/mol. The molecule has 1 saturated heterocycles. The molecule has 1 N–H and O–H groups in total. The Bertz CT molecular complexity index is 799. The van der Waals surface area contributed by atoms with Gasteiger partial charge >= 0.3 is 0 Å². The lowest BCUT2D eigenvalue weighted by atomic mass is 10.2. The van der Waals surface area contributed by atoms with Gasteiger partial charge in [0.15, 0.2) is 5.96 Å². The number of amides is 1. The molecule has 0 bridgehead atoms. The first-order valence-corrected chi connectivity index (χ1v) is 9.36. The molecule has 1 amide bonds. The maximum absolute atomic E-state index is 12.6. The van der Waals surface area contributed by atoms with E-state index in [1.165, 1.54) is 5.56 Å². The number of hydrogen-bond acceptors (Lipinski definition) is 4. The zero-order valence-electron chi connectivity index (χ0n) is 16.7. The fourth-order valence-corrected chi connectivity index (χ4v) is 3.17. The molecule has 0 aliphatic carbocycles. The summed E-state index contributed by atoms with van der Waals surface area (Å²) in [5, 5.41) is 11.6. The number of nitrogens with zero attached hydrogens (tertiary/aromatic N) is 7. The zero-order valence-corrected chi connectivity index (χ0v) is 19.0. The van der Waals surface area contributed by atoms with Crippen LogP contribution in [0.25, 0.3) is 0 Å². The molecule has 0 aromatic carbocycles. The number of hydrogen-bond donors (Lipinski definition) is 1. The highest BCUT2D eigenvalue weighted by Gasteiger charge is 2.27. The Kier molecular flexibility index (Phi) is 8.27. The van der Waals surface area contributed by atoms with Gasteiger partial charge in [-0.25, -0.2) is 0 Å². The van der Waals surface area contributed by atoms with Crippen LogP contribution in [0.5, 0.6) is 0 Å². The fraction of sp³-hybridized carbons (Fsp3) is 0.556. The van der Waals surface area contributed by atoms with Gasteiger partial charge in [0.1, 0.15) is 6.54 Å². The van der Waals surface area contributed by atoms with Crippen molar-refractivity contribution in [3.63, 3.8) is 0 Å². The molecule has 1 fully saturated rings. The van der Waals surface area contributed by atoms with Crippen LogP contribution < -0.4 is 10.2 Å². The highest BCUT2D eigenvalue weighted by atomic mass is 127. The summed E-state index contributed by atoms with van der Waals surface area (Å²) in [7, 11) is 3.78. The number of piperazine rings is 1. The molecule has 0 spiro atoms. The smallest absolute Gasteiger partial charge is 0.246 e. The van der Waals surface area contributed by atoms with Crippen LogP contribution in [0.3, 0.4) is 0 Å². The predicted molar refractivity (Wildman–Crippen MR) is 120 cm³/mol. The van der Waals surface area contributed by atoms with Crippen LogP contribution in [-0.2, 0) is 25.3 Å². The summed E-state index contributed by atoms with van der Waals surface area (Å²) in [6.45, 7) is 5.23. The second-order valence-electron chi connectivity index (χ2n) is 6.70. The first kappa shape index (κ1) is 22.2. The van der Waals surface area contributed by atoms with Gasteiger partial charge in [-0.3, -0.25) is 19.2 Å². The van der Waals surface area contributed by atoms with E-state index < -0.39 is 0 Å². The summed E-state index contributed by atoms with van der Waals surface area (Å²) in [5.74, 6) is 0.873. The average Bonchev–Trinajstić information content (AvgIpc) is 3.26. The third kappa shape index (κ3) is 5.69. The molecule has 0 atom stereocenters. The van der Waals surface area contributed by atoms with Crippen LogP contribution >= 0.6 is 24.0 Å². The van der Waals surface area contributed by atoms with Crippen LogP contribution in [0.15, 0.2) is 29.8 Å². The number of halogens is 1. The largest absolute Gasteiger partial charge is 0.357 e. The summed E-state index contributed by atoms with van der Waals surface area (Å²) in [4.78, 5) is 21.1. The third-order valence-electron chi connectivity index (χ3n) is 4.50. The molecule has 2 aromatic rings. The molecule has 10 heteroatoms. The Hall–Kier alpha value is -2.11. The minimum atomic E-state index is 0. The molecule has 1 aliphatic heterocycles. The van der Waals surface area contributed by atoms with E-state index in [2.05, 4.69) is 15.5 Å². The highest BCUT2D eigenvalue weighted by Crippen LogP contribution is 2.16. The summed E-state index contributed by atoms with van der Waals surface area (Å²) in [6.07, 6.45) is 9.42. The summed E-state index contributed by atoms with van der Waals surface area (Å²) >= 11 is 0. The number of anilines is 1. The maximum atomic E-state index is 12.6. The number of carbonyl (C=O) groups excluding carboxylic acids is 1. The molecule has 3 rings (SSSR count). The molecule has 1 aliphatic rings. The normalized spacial score (nSPS) is 15.0. The van der Waals surface area contributed by atoms with Crippen molar-refractivity contribution in [3.8, 4) is 0 Å². The van der Waals surface area contributed by atoms with Crippen LogP contribution in [0, 0.1) is 0 Å². The maximum Gasteiger partial charge on any atom is 0.246 e. The first-order chi connectivity index (χ1) is 13.1. The van der Waals surface area contributed by atoms with Crippen molar-refractivity contribution in [1.82, 2.24) is 29.8 Å². The standard InChI is InChI=1S/C18H28N8O.HI/c1-4-19-18(20-7-5-6-15-10-21-23(2)12-15)25-8-9-26(17(27)14-25)16-11-22-24(3)13-16;/h10-13H,4-9,14H2,1-3H3,(H,19,20);1H. The van der Waals surface area contributed by atoms with E-state index in [1.807, 2.05) is 49.2 Å². The predicted octanol–water partition coefficient (Wildman–Crippen LogP) is 1.02. The second kappa shape index (κ2) is 10.4. The second-order valence-corrected chi connectivity index (χ2v) is 6.70. The molecule has 3 heterocycles. The molecule has 0 unspecified atom stereocenters. The van der Waals surface area contributed by atoms with Crippen LogP contribution in [0.4, 0.5) is 5.69 Å².